The summed E-state index contributed by atoms with van der Waals surface area (Å²) < 4.78 is 0. The Balaban J connectivity index is 1.47. The second-order valence-electron chi connectivity index (χ2n) is 6.43. The molecular weight excluding hydrogens is 326 g/mol. The van der Waals surface area contributed by atoms with Crippen LogP contribution in [0.5, 0.6) is 0 Å². The number of carbonyl (C=O) groups excluding carboxylic acids is 2. The summed E-state index contributed by atoms with van der Waals surface area (Å²) in [6.07, 6.45) is 7.50. The normalized spacial score (nSPS) is 14.7. The molecule has 1 fully saturated rings. The Hall–Kier alpha value is -2.95. The Morgan fingerprint density at radius 2 is 1.58 bits per heavy atom. The van der Waals surface area contributed by atoms with E-state index in [1.807, 2.05) is 29.2 Å². The van der Waals surface area contributed by atoms with Gasteiger partial charge in [0.1, 0.15) is 0 Å². The lowest BCUT2D eigenvalue weighted by molar-refractivity contribution is -0.131. The summed E-state index contributed by atoms with van der Waals surface area (Å²) in [5.74, 6) is 0.100. The van der Waals surface area contributed by atoms with Gasteiger partial charge >= 0.3 is 0 Å². The Morgan fingerprint density at radius 1 is 0.962 bits per heavy atom. The van der Waals surface area contributed by atoms with Gasteiger partial charge in [0.25, 0.3) is 5.91 Å². The fraction of sp³-hybridized carbons (Fsp3) is 0.286. The number of carbonyl (C=O) groups is 2. The van der Waals surface area contributed by atoms with Crippen LogP contribution < -0.4 is 0 Å². The van der Waals surface area contributed by atoms with E-state index in [1.54, 1.807) is 29.4 Å². The molecule has 1 aliphatic rings. The van der Waals surface area contributed by atoms with Crippen LogP contribution in [0.4, 0.5) is 0 Å². The summed E-state index contributed by atoms with van der Waals surface area (Å²) in [6.45, 7) is 4.33. The summed E-state index contributed by atoms with van der Waals surface area (Å²) >= 11 is 0. The van der Waals surface area contributed by atoms with E-state index in [4.69, 9.17) is 0 Å². The van der Waals surface area contributed by atoms with E-state index in [0.29, 0.717) is 38.2 Å². The maximum Gasteiger partial charge on any atom is 0.254 e. The van der Waals surface area contributed by atoms with Gasteiger partial charge in [-0.15, -0.1) is 0 Å². The van der Waals surface area contributed by atoms with Gasteiger partial charge in [-0.05, 0) is 24.6 Å². The Bertz CT molecular complexity index is 777. The SMILES string of the molecule is Cc1ccc(/C=C/CC(=O)N2CCN(C(=O)c3ccncc3)CC2)cc1. The molecule has 0 saturated carbocycles. The van der Waals surface area contributed by atoms with Crippen molar-refractivity contribution in [2.45, 2.75) is 13.3 Å². The number of piperazine rings is 1. The van der Waals surface area contributed by atoms with Crippen molar-refractivity contribution in [1.82, 2.24) is 14.8 Å². The van der Waals surface area contributed by atoms with Crippen molar-refractivity contribution in [2.75, 3.05) is 26.2 Å². The molecule has 3 rings (SSSR count). The van der Waals surface area contributed by atoms with Crippen molar-refractivity contribution in [3.05, 3.63) is 71.6 Å². The molecule has 1 saturated heterocycles. The highest BCUT2D eigenvalue weighted by Gasteiger charge is 2.24. The van der Waals surface area contributed by atoms with Gasteiger partial charge in [0.05, 0.1) is 0 Å². The molecule has 0 bridgehead atoms. The largest absolute Gasteiger partial charge is 0.339 e. The molecule has 2 heterocycles. The number of hydrogen-bond acceptors (Lipinski definition) is 3. The van der Waals surface area contributed by atoms with Crippen molar-refractivity contribution < 1.29 is 9.59 Å². The lowest BCUT2D eigenvalue weighted by Gasteiger charge is -2.34. The van der Waals surface area contributed by atoms with E-state index in [0.717, 1.165) is 5.56 Å². The van der Waals surface area contributed by atoms with Crippen LogP contribution in [0.2, 0.25) is 0 Å². The van der Waals surface area contributed by atoms with E-state index in [1.165, 1.54) is 5.56 Å². The molecule has 0 N–H and O–H groups in total. The molecule has 0 atom stereocenters. The van der Waals surface area contributed by atoms with Crippen LogP contribution in [0.3, 0.4) is 0 Å². The number of amides is 2. The maximum absolute atomic E-state index is 12.4. The molecule has 5 heteroatoms. The van der Waals surface area contributed by atoms with E-state index < -0.39 is 0 Å². The average Bonchev–Trinajstić information content (AvgIpc) is 2.69. The molecule has 26 heavy (non-hydrogen) atoms. The average molecular weight is 349 g/mol. The Morgan fingerprint density at radius 3 is 2.23 bits per heavy atom. The van der Waals surface area contributed by atoms with Crippen LogP contribution in [0.15, 0.2) is 54.9 Å². The van der Waals surface area contributed by atoms with E-state index >= 15 is 0 Å². The van der Waals surface area contributed by atoms with Crippen LogP contribution >= 0.6 is 0 Å². The quantitative estimate of drug-likeness (QED) is 0.853. The van der Waals surface area contributed by atoms with E-state index in [2.05, 4.69) is 24.0 Å². The monoisotopic (exact) mass is 349 g/mol. The van der Waals surface area contributed by atoms with Crippen LogP contribution in [0.1, 0.15) is 27.9 Å². The highest BCUT2D eigenvalue weighted by molar-refractivity contribution is 5.94. The number of aromatic nitrogens is 1. The zero-order chi connectivity index (χ0) is 18.4. The first-order valence-electron chi connectivity index (χ1n) is 8.84. The van der Waals surface area contributed by atoms with Gasteiger partial charge in [-0.3, -0.25) is 14.6 Å². The van der Waals surface area contributed by atoms with Crippen LogP contribution in [-0.2, 0) is 4.79 Å². The smallest absolute Gasteiger partial charge is 0.254 e. The van der Waals surface area contributed by atoms with Crippen molar-refractivity contribution in [3.8, 4) is 0 Å². The summed E-state index contributed by atoms with van der Waals surface area (Å²) in [5.41, 5.74) is 2.95. The first kappa shape index (κ1) is 17.9. The Labute approximate surface area is 154 Å². The number of nitrogens with zero attached hydrogens (tertiary/aromatic N) is 3. The molecule has 0 radical (unpaired) electrons. The van der Waals surface area contributed by atoms with Gasteiger partial charge in [0, 0.05) is 50.6 Å². The first-order chi connectivity index (χ1) is 12.6. The predicted molar refractivity (Wildman–Crippen MR) is 102 cm³/mol. The van der Waals surface area contributed by atoms with Crippen molar-refractivity contribution in [1.29, 1.82) is 0 Å². The number of benzene rings is 1. The summed E-state index contributed by atoms with van der Waals surface area (Å²) in [4.78, 5) is 32.3. The fourth-order valence-corrected chi connectivity index (χ4v) is 2.94. The molecule has 1 aliphatic heterocycles. The highest BCUT2D eigenvalue weighted by atomic mass is 16.2. The highest BCUT2D eigenvalue weighted by Crippen LogP contribution is 2.10. The minimum Gasteiger partial charge on any atom is -0.339 e. The summed E-state index contributed by atoms with van der Waals surface area (Å²) in [6, 6.07) is 11.6. The zero-order valence-corrected chi connectivity index (χ0v) is 15.0. The number of pyridine rings is 1. The standard InChI is InChI=1S/C21H23N3O2/c1-17-5-7-18(8-6-17)3-2-4-20(25)23-13-15-24(16-14-23)21(26)19-9-11-22-12-10-19/h2-3,5-12H,4,13-16H2,1H3/b3-2+. The first-order valence-corrected chi connectivity index (χ1v) is 8.84. The predicted octanol–water partition coefficient (Wildman–Crippen LogP) is 2.78. The molecule has 0 aliphatic carbocycles. The third kappa shape index (κ3) is 4.57. The zero-order valence-electron chi connectivity index (χ0n) is 15.0. The van der Waals surface area contributed by atoms with Crippen LogP contribution in [0, 0.1) is 6.92 Å². The second-order valence-corrected chi connectivity index (χ2v) is 6.43. The minimum atomic E-state index is -0.00114. The number of rotatable bonds is 4. The lowest BCUT2D eigenvalue weighted by atomic mass is 10.1. The minimum absolute atomic E-state index is 0.00114. The van der Waals surface area contributed by atoms with Crippen LogP contribution in [0.25, 0.3) is 6.08 Å². The molecule has 1 aromatic carbocycles. The summed E-state index contributed by atoms with van der Waals surface area (Å²) in [5, 5.41) is 0. The molecule has 0 unspecified atom stereocenters. The molecular formula is C21H23N3O2. The number of hydrogen-bond donors (Lipinski definition) is 0. The van der Waals surface area contributed by atoms with Crippen molar-refractivity contribution in [3.63, 3.8) is 0 Å². The molecule has 2 amide bonds. The summed E-state index contributed by atoms with van der Waals surface area (Å²) in [7, 11) is 0. The van der Waals surface area contributed by atoms with Gasteiger partial charge in [0.2, 0.25) is 5.91 Å². The van der Waals surface area contributed by atoms with E-state index in [9.17, 15) is 9.59 Å². The lowest BCUT2D eigenvalue weighted by Crippen LogP contribution is -2.50. The Kier molecular flexibility index (Phi) is 5.79. The number of aryl methyl sites for hydroxylation is 1. The third-order valence-electron chi connectivity index (χ3n) is 4.53. The van der Waals surface area contributed by atoms with Crippen molar-refractivity contribution in [2.24, 2.45) is 0 Å². The van der Waals surface area contributed by atoms with Gasteiger partial charge in [-0.25, -0.2) is 0 Å². The van der Waals surface area contributed by atoms with Crippen LogP contribution in [-0.4, -0.2) is 52.8 Å². The van der Waals surface area contributed by atoms with Gasteiger partial charge in [-0.2, -0.15) is 0 Å². The molecule has 1 aromatic heterocycles. The van der Waals surface area contributed by atoms with E-state index in [-0.39, 0.29) is 11.8 Å². The molecule has 0 spiro atoms. The van der Waals surface area contributed by atoms with Gasteiger partial charge < -0.3 is 9.80 Å². The molecule has 2 aromatic rings. The molecule has 5 nitrogen and oxygen atoms in total. The topological polar surface area (TPSA) is 53.5 Å². The van der Waals surface area contributed by atoms with Crippen molar-refractivity contribution >= 4 is 17.9 Å². The maximum atomic E-state index is 12.4. The van der Waals surface area contributed by atoms with Gasteiger partial charge in [0.15, 0.2) is 0 Å². The van der Waals surface area contributed by atoms with Gasteiger partial charge in [-0.1, -0.05) is 42.0 Å². The third-order valence-corrected chi connectivity index (χ3v) is 4.53. The second kappa shape index (κ2) is 8.43. The molecule has 134 valence electrons. The fourth-order valence-electron chi connectivity index (χ4n) is 2.94.